The molecule has 0 unspecified atom stereocenters. The third-order valence-electron chi connectivity index (χ3n) is 2.93. The molecule has 0 aliphatic carbocycles. The molecule has 21 heavy (non-hydrogen) atoms. The van der Waals surface area contributed by atoms with E-state index in [0.29, 0.717) is 11.4 Å². The SMILES string of the molecule is COc1ccc(N[C@H](c2ccc(Br)cc2)C(F)(F)F)cc1. The van der Waals surface area contributed by atoms with Crippen LogP contribution in [0.4, 0.5) is 18.9 Å². The lowest BCUT2D eigenvalue weighted by molar-refractivity contribution is -0.144. The molecule has 0 aliphatic rings. The molecule has 0 aromatic heterocycles. The zero-order valence-electron chi connectivity index (χ0n) is 11.1. The van der Waals surface area contributed by atoms with E-state index in [1.807, 2.05) is 0 Å². The Balaban J connectivity index is 2.26. The van der Waals surface area contributed by atoms with Gasteiger partial charge in [0.05, 0.1) is 7.11 Å². The Morgan fingerprint density at radius 2 is 1.57 bits per heavy atom. The molecule has 0 spiro atoms. The van der Waals surface area contributed by atoms with E-state index >= 15 is 0 Å². The lowest BCUT2D eigenvalue weighted by Crippen LogP contribution is -2.27. The second-order valence-electron chi connectivity index (χ2n) is 4.40. The van der Waals surface area contributed by atoms with Crippen molar-refractivity contribution in [2.24, 2.45) is 0 Å². The zero-order chi connectivity index (χ0) is 15.5. The molecule has 0 saturated carbocycles. The molecular weight excluding hydrogens is 347 g/mol. The third kappa shape index (κ3) is 4.14. The van der Waals surface area contributed by atoms with Crippen molar-refractivity contribution in [1.29, 1.82) is 0 Å². The fraction of sp³-hybridized carbons (Fsp3) is 0.200. The van der Waals surface area contributed by atoms with E-state index < -0.39 is 12.2 Å². The summed E-state index contributed by atoms with van der Waals surface area (Å²) in [6.07, 6.45) is -4.40. The molecule has 0 radical (unpaired) electrons. The highest BCUT2D eigenvalue weighted by atomic mass is 79.9. The molecular formula is C15H13BrF3NO. The standard InChI is InChI=1S/C15H13BrF3NO/c1-21-13-8-6-12(7-9-13)20-14(15(17,18)19)10-2-4-11(16)5-3-10/h2-9,14,20H,1H3/t14-/m1/s1. The summed E-state index contributed by atoms with van der Waals surface area (Å²) in [6.45, 7) is 0. The van der Waals surface area contributed by atoms with Gasteiger partial charge in [0.15, 0.2) is 0 Å². The van der Waals surface area contributed by atoms with Crippen molar-refractivity contribution in [2.45, 2.75) is 12.2 Å². The summed E-state index contributed by atoms with van der Waals surface area (Å²) in [6, 6.07) is 10.6. The van der Waals surface area contributed by atoms with Gasteiger partial charge < -0.3 is 10.1 Å². The topological polar surface area (TPSA) is 21.3 Å². The van der Waals surface area contributed by atoms with Crippen molar-refractivity contribution in [3.8, 4) is 5.75 Å². The summed E-state index contributed by atoms with van der Waals surface area (Å²) in [5, 5.41) is 2.51. The number of methoxy groups -OCH3 is 1. The van der Waals surface area contributed by atoms with Gasteiger partial charge in [0.2, 0.25) is 0 Å². The van der Waals surface area contributed by atoms with Gasteiger partial charge >= 0.3 is 6.18 Å². The highest BCUT2D eigenvalue weighted by molar-refractivity contribution is 9.10. The van der Waals surface area contributed by atoms with Gasteiger partial charge in [0.25, 0.3) is 0 Å². The van der Waals surface area contributed by atoms with Crippen molar-refractivity contribution < 1.29 is 17.9 Å². The molecule has 2 aromatic carbocycles. The maximum absolute atomic E-state index is 13.2. The normalized spacial score (nSPS) is 12.8. The molecule has 1 atom stereocenters. The van der Waals surface area contributed by atoms with E-state index in [9.17, 15) is 13.2 Å². The van der Waals surface area contributed by atoms with Gasteiger partial charge in [0, 0.05) is 10.2 Å². The van der Waals surface area contributed by atoms with Crippen LogP contribution in [0.25, 0.3) is 0 Å². The maximum atomic E-state index is 13.2. The quantitative estimate of drug-likeness (QED) is 0.812. The molecule has 0 fully saturated rings. The number of hydrogen-bond acceptors (Lipinski definition) is 2. The van der Waals surface area contributed by atoms with Crippen molar-refractivity contribution in [2.75, 3.05) is 12.4 Å². The average molecular weight is 360 g/mol. The van der Waals surface area contributed by atoms with Gasteiger partial charge in [-0.1, -0.05) is 28.1 Å². The number of anilines is 1. The summed E-state index contributed by atoms with van der Waals surface area (Å²) in [5.74, 6) is 0.591. The van der Waals surface area contributed by atoms with Gasteiger partial charge in [-0.2, -0.15) is 13.2 Å². The van der Waals surface area contributed by atoms with Crippen LogP contribution in [-0.4, -0.2) is 13.3 Å². The minimum Gasteiger partial charge on any atom is -0.497 e. The van der Waals surface area contributed by atoms with Gasteiger partial charge in [-0.25, -0.2) is 0 Å². The van der Waals surface area contributed by atoms with Crippen molar-refractivity contribution in [3.05, 3.63) is 58.6 Å². The molecule has 6 heteroatoms. The highest BCUT2D eigenvalue weighted by Gasteiger charge is 2.40. The summed E-state index contributed by atoms with van der Waals surface area (Å²) in [5.41, 5.74) is 0.530. The molecule has 2 aromatic rings. The van der Waals surface area contributed by atoms with Crippen molar-refractivity contribution in [1.82, 2.24) is 0 Å². The number of hydrogen-bond donors (Lipinski definition) is 1. The summed E-state index contributed by atoms with van der Waals surface area (Å²) in [7, 11) is 1.50. The lowest BCUT2D eigenvalue weighted by Gasteiger charge is -2.23. The first-order chi connectivity index (χ1) is 9.90. The summed E-state index contributed by atoms with van der Waals surface area (Å²) >= 11 is 3.21. The van der Waals surface area contributed by atoms with E-state index in [2.05, 4.69) is 21.2 Å². The third-order valence-corrected chi connectivity index (χ3v) is 3.46. The molecule has 0 bridgehead atoms. The Bertz CT molecular complexity index is 581. The monoisotopic (exact) mass is 359 g/mol. The van der Waals surface area contributed by atoms with Gasteiger partial charge in [-0.15, -0.1) is 0 Å². The Morgan fingerprint density at radius 1 is 1.00 bits per heavy atom. The van der Waals surface area contributed by atoms with Gasteiger partial charge in [-0.3, -0.25) is 0 Å². The molecule has 2 nitrogen and oxygen atoms in total. The number of halogens is 4. The van der Waals surface area contributed by atoms with E-state index in [0.717, 1.165) is 4.47 Å². The first kappa shape index (κ1) is 15.7. The van der Waals surface area contributed by atoms with Crippen LogP contribution in [0.5, 0.6) is 5.75 Å². The maximum Gasteiger partial charge on any atom is 0.412 e. The Morgan fingerprint density at radius 3 is 2.05 bits per heavy atom. The Kier molecular flexibility index (Phi) is 4.77. The van der Waals surface area contributed by atoms with Gasteiger partial charge in [0.1, 0.15) is 11.8 Å². The number of rotatable bonds is 4. The van der Waals surface area contributed by atoms with Crippen molar-refractivity contribution >= 4 is 21.6 Å². The van der Waals surface area contributed by atoms with Crippen molar-refractivity contribution in [3.63, 3.8) is 0 Å². The van der Waals surface area contributed by atoms with Gasteiger partial charge in [-0.05, 0) is 42.0 Å². The van der Waals surface area contributed by atoms with E-state index in [4.69, 9.17) is 4.74 Å². The minimum absolute atomic E-state index is 0.154. The van der Waals surface area contributed by atoms with Crippen LogP contribution in [0.3, 0.4) is 0 Å². The van der Waals surface area contributed by atoms with Crippen LogP contribution in [-0.2, 0) is 0 Å². The highest BCUT2D eigenvalue weighted by Crippen LogP contribution is 2.36. The summed E-state index contributed by atoms with van der Waals surface area (Å²) < 4.78 is 45.4. The fourth-order valence-electron chi connectivity index (χ4n) is 1.86. The minimum atomic E-state index is -4.40. The number of nitrogens with one attached hydrogen (secondary N) is 1. The van der Waals surface area contributed by atoms with Crippen LogP contribution in [0.15, 0.2) is 53.0 Å². The molecule has 0 heterocycles. The number of benzene rings is 2. The van der Waals surface area contributed by atoms with Crippen LogP contribution in [0.1, 0.15) is 11.6 Å². The largest absolute Gasteiger partial charge is 0.497 e. The number of ether oxygens (including phenoxy) is 1. The molecule has 2 rings (SSSR count). The Labute approximate surface area is 129 Å². The zero-order valence-corrected chi connectivity index (χ0v) is 12.7. The van der Waals surface area contributed by atoms with Crippen LogP contribution >= 0.6 is 15.9 Å². The molecule has 112 valence electrons. The fourth-order valence-corrected chi connectivity index (χ4v) is 2.13. The van der Waals surface area contributed by atoms with E-state index in [-0.39, 0.29) is 5.56 Å². The smallest absolute Gasteiger partial charge is 0.412 e. The first-order valence-electron chi connectivity index (χ1n) is 6.13. The molecule has 0 amide bonds. The average Bonchev–Trinajstić information content (AvgIpc) is 2.45. The Hall–Kier alpha value is -1.69. The predicted molar refractivity (Wildman–Crippen MR) is 79.6 cm³/mol. The van der Waals surface area contributed by atoms with Crippen LogP contribution in [0, 0.1) is 0 Å². The predicted octanol–water partition coefficient (Wildman–Crippen LogP) is 5.17. The lowest BCUT2D eigenvalue weighted by atomic mass is 10.1. The molecule has 1 N–H and O–H groups in total. The van der Waals surface area contributed by atoms with Crippen LogP contribution < -0.4 is 10.1 Å². The van der Waals surface area contributed by atoms with Crippen LogP contribution in [0.2, 0.25) is 0 Å². The second kappa shape index (κ2) is 6.39. The molecule has 0 aliphatic heterocycles. The second-order valence-corrected chi connectivity index (χ2v) is 5.31. The number of alkyl halides is 3. The van der Waals surface area contributed by atoms with E-state index in [1.54, 1.807) is 36.4 Å². The van der Waals surface area contributed by atoms with E-state index in [1.165, 1.54) is 19.2 Å². The first-order valence-corrected chi connectivity index (χ1v) is 6.92. The molecule has 0 saturated heterocycles. The summed E-state index contributed by atoms with van der Waals surface area (Å²) in [4.78, 5) is 0.